The number of nitrogens with two attached hydrogens (primary N) is 1. The molecule has 1 aromatic carbocycles. The highest BCUT2D eigenvalue weighted by molar-refractivity contribution is 5.81. The van der Waals surface area contributed by atoms with Crippen molar-refractivity contribution in [2.75, 3.05) is 0 Å². The van der Waals surface area contributed by atoms with Crippen LogP contribution in [0.1, 0.15) is 38.2 Å². The van der Waals surface area contributed by atoms with Gasteiger partial charge in [-0.25, -0.2) is 4.79 Å². The number of benzene rings is 1. The molecule has 1 fully saturated rings. The normalized spacial score (nSPS) is 22.0. The van der Waals surface area contributed by atoms with Crippen molar-refractivity contribution in [3.8, 4) is 0 Å². The van der Waals surface area contributed by atoms with Gasteiger partial charge in [0, 0.05) is 6.04 Å². The van der Waals surface area contributed by atoms with E-state index in [1.807, 2.05) is 30.3 Å². The molecule has 0 bridgehead atoms. The average Bonchev–Trinajstić information content (AvgIpc) is 2.55. The molecule has 0 aromatic heterocycles. The van der Waals surface area contributed by atoms with Gasteiger partial charge in [0.05, 0.1) is 12.1 Å². The second kappa shape index (κ2) is 8.53. The Balaban J connectivity index is 1.83. The maximum atomic E-state index is 12.0. The summed E-state index contributed by atoms with van der Waals surface area (Å²) in [6.45, 7) is 1.88. The predicted molar refractivity (Wildman–Crippen MR) is 87.6 cm³/mol. The molecule has 6 nitrogen and oxygen atoms in total. The van der Waals surface area contributed by atoms with Crippen LogP contribution in [-0.4, -0.2) is 30.1 Å². The van der Waals surface area contributed by atoms with E-state index in [1.54, 1.807) is 6.92 Å². The summed E-state index contributed by atoms with van der Waals surface area (Å²) in [5, 5.41) is 5.78. The third kappa shape index (κ3) is 5.56. The molecule has 1 aliphatic carbocycles. The Bertz CT molecular complexity index is 519. The number of ether oxygens (including phenoxy) is 1. The minimum atomic E-state index is -0.553. The molecular formula is C17H25N3O3. The van der Waals surface area contributed by atoms with Crippen LogP contribution >= 0.6 is 0 Å². The number of alkyl carbamates (subject to hydrolysis) is 1. The first-order valence-electron chi connectivity index (χ1n) is 8.09. The lowest BCUT2D eigenvalue weighted by Gasteiger charge is -2.32. The van der Waals surface area contributed by atoms with Gasteiger partial charge in [-0.2, -0.15) is 0 Å². The number of hydrogen-bond donors (Lipinski definition) is 3. The van der Waals surface area contributed by atoms with E-state index < -0.39 is 12.1 Å². The summed E-state index contributed by atoms with van der Waals surface area (Å²) in [6.07, 6.45) is 3.25. The van der Waals surface area contributed by atoms with E-state index in [9.17, 15) is 9.59 Å². The standard InChI is InChI=1S/C17H25N3O3/c1-12(18)16(21)19-14-9-5-6-10-15(14)20-17(22)23-11-13-7-3-2-4-8-13/h2-4,7-8,12,14-15H,5-6,9-11,18H2,1H3,(H,19,21)(H,20,22)/t12-,14+,15-/m0/s1. The molecule has 0 saturated heterocycles. The average molecular weight is 319 g/mol. The highest BCUT2D eigenvalue weighted by Crippen LogP contribution is 2.19. The Morgan fingerprint density at radius 2 is 1.78 bits per heavy atom. The largest absolute Gasteiger partial charge is 0.445 e. The molecule has 2 rings (SSSR count). The number of amides is 2. The number of rotatable bonds is 5. The Morgan fingerprint density at radius 3 is 2.39 bits per heavy atom. The molecule has 0 unspecified atom stereocenters. The van der Waals surface area contributed by atoms with E-state index >= 15 is 0 Å². The summed E-state index contributed by atoms with van der Waals surface area (Å²) in [5.74, 6) is -0.193. The zero-order valence-corrected chi connectivity index (χ0v) is 13.5. The molecule has 3 atom stereocenters. The molecule has 1 aliphatic rings. The molecule has 2 amide bonds. The van der Waals surface area contributed by atoms with E-state index in [0.29, 0.717) is 0 Å². The van der Waals surface area contributed by atoms with Gasteiger partial charge in [0.1, 0.15) is 6.61 Å². The maximum absolute atomic E-state index is 12.0. The van der Waals surface area contributed by atoms with Gasteiger partial charge in [0.2, 0.25) is 5.91 Å². The highest BCUT2D eigenvalue weighted by Gasteiger charge is 2.28. The summed E-state index contributed by atoms with van der Waals surface area (Å²) < 4.78 is 5.24. The summed E-state index contributed by atoms with van der Waals surface area (Å²) in [5.41, 5.74) is 6.53. The molecule has 4 N–H and O–H groups in total. The summed E-state index contributed by atoms with van der Waals surface area (Å²) in [7, 11) is 0. The minimum Gasteiger partial charge on any atom is -0.445 e. The Kier molecular flexibility index (Phi) is 6.40. The smallest absolute Gasteiger partial charge is 0.407 e. The second-order valence-electron chi connectivity index (χ2n) is 6.00. The van der Waals surface area contributed by atoms with Crippen molar-refractivity contribution in [3.05, 3.63) is 35.9 Å². The molecular weight excluding hydrogens is 294 g/mol. The van der Waals surface area contributed by atoms with Crippen LogP contribution in [0, 0.1) is 0 Å². The van der Waals surface area contributed by atoms with Gasteiger partial charge >= 0.3 is 6.09 Å². The first kappa shape index (κ1) is 17.3. The summed E-state index contributed by atoms with van der Waals surface area (Å²) >= 11 is 0. The summed E-state index contributed by atoms with van der Waals surface area (Å²) in [4.78, 5) is 23.8. The molecule has 1 saturated carbocycles. The third-order valence-corrected chi connectivity index (χ3v) is 4.02. The monoisotopic (exact) mass is 319 g/mol. The third-order valence-electron chi connectivity index (χ3n) is 4.02. The Labute approximate surface area is 136 Å². The van der Waals surface area contributed by atoms with Crippen molar-refractivity contribution >= 4 is 12.0 Å². The van der Waals surface area contributed by atoms with Gasteiger partial charge in [0.15, 0.2) is 0 Å². The van der Waals surface area contributed by atoms with Gasteiger partial charge in [-0.1, -0.05) is 43.2 Å². The highest BCUT2D eigenvalue weighted by atomic mass is 16.5. The fourth-order valence-electron chi connectivity index (χ4n) is 2.71. The maximum Gasteiger partial charge on any atom is 0.407 e. The predicted octanol–water partition coefficient (Wildman–Crippen LogP) is 1.69. The van der Waals surface area contributed by atoms with Crippen molar-refractivity contribution in [3.63, 3.8) is 0 Å². The van der Waals surface area contributed by atoms with Crippen molar-refractivity contribution in [2.45, 2.75) is 57.3 Å². The number of hydrogen-bond acceptors (Lipinski definition) is 4. The van der Waals surface area contributed by atoms with E-state index in [1.165, 1.54) is 0 Å². The first-order valence-corrected chi connectivity index (χ1v) is 8.09. The molecule has 0 aliphatic heterocycles. The van der Waals surface area contributed by atoms with Crippen LogP contribution in [0.4, 0.5) is 4.79 Å². The van der Waals surface area contributed by atoms with E-state index in [-0.39, 0.29) is 24.6 Å². The quantitative estimate of drug-likeness (QED) is 0.770. The molecule has 0 spiro atoms. The van der Waals surface area contributed by atoms with Gasteiger partial charge in [-0.05, 0) is 25.3 Å². The molecule has 126 valence electrons. The van der Waals surface area contributed by atoms with Crippen LogP contribution in [0.3, 0.4) is 0 Å². The van der Waals surface area contributed by atoms with Crippen molar-refractivity contribution in [1.29, 1.82) is 0 Å². The lowest BCUT2D eigenvalue weighted by atomic mass is 9.90. The SMILES string of the molecule is C[C@H](N)C(=O)N[C@@H]1CCCC[C@@H]1NC(=O)OCc1ccccc1. The fourth-order valence-corrected chi connectivity index (χ4v) is 2.71. The van der Waals surface area contributed by atoms with E-state index in [2.05, 4.69) is 10.6 Å². The zero-order valence-electron chi connectivity index (χ0n) is 13.5. The van der Waals surface area contributed by atoms with Crippen LogP contribution in [0.15, 0.2) is 30.3 Å². The zero-order chi connectivity index (χ0) is 16.7. The number of carbonyl (C=O) groups excluding carboxylic acids is 2. The van der Waals surface area contributed by atoms with Gasteiger partial charge in [0.25, 0.3) is 0 Å². The van der Waals surface area contributed by atoms with Gasteiger partial charge in [-0.3, -0.25) is 4.79 Å². The molecule has 0 heterocycles. The van der Waals surface area contributed by atoms with Crippen molar-refractivity contribution in [2.24, 2.45) is 5.73 Å². The topological polar surface area (TPSA) is 93.5 Å². The second-order valence-corrected chi connectivity index (χ2v) is 6.00. The van der Waals surface area contributed by atoms with Crippen molar-refractivity contribution in [1.82, 2.24) is 10.6 Å². The van der Waals surface area contributed by atoms with Crippen LogP contribution in [0.25, 0.3) is 0 Å². The van der Waals surface area contributed by atoms with E-state index in [4.69, 9.17) is 10.5 Å². The molecule has 23 heavy (non-hydrogen) atoms. The lowest BCUT2D eigenvalue weighted by molar-refractivity contribution is -0.123. The minimum absolute atomic E-state index is 0.0912. The van der Waals surface area contributed by atoms with E-state index in [0.717, 1.165) is 31.2 Å². The van der Waals surface area contributed by atoms with Gasteiger partial charge < -0.3 is 21.1 Å². The van der Waals surface area contributed by atoms with Crippen LogP contribution in [0.2, 0.25) is 0 Å². The molecule has 6 heteroatoms. The fraction of sp³-hybridized carbons (Fsp3) is 0.529. The molecule has 0 radical (unpaired) electrons. The number of nitrogens with one attached hydrogen (secondary N) is 2. The van der Waals surface area contributed by atoms with Gasteiger partial charge in [-0.15, -0.1) is 0 Å². The summed E-state index contributed by atoms with van der Waals surface area (Å²) in [6, 6.07) is 8.76. The van der Waals surface area contributed by atoms with Crippen molar-refractivity contribution < 1.29 is 14.3 Å². The Hall–Kier alpha value is -2.08. The van der Waals surface area contributed by atoms with Crippen LogP contribution in [0.5, 0.6) is 0 Å². The Morgan fingerprint density at radius 1 is 1.17 bits per heavy atom. The van der Waals surface area contributed by atoms with Crippen LogP contribution < -0.4 is 16.4 Å². The molecule has 1 aromatic rings. The lowest BCUT2D eigenvalue weighted by Crippen LogP contribution is -2.55. The number of carbonyl (C=O) groups is 2. The first-order chi connectivity index (χ1) is 11.1. The van der Waals surface area contributed by atoms with Crippen LogP contribution in [-0.2, 0) is 16.1 Å².